The van der Waals surface area contributed by atoms with Gasteiger partial charge in [0, 0.05) is 33.7 Å². The fourth-order valence-electron chi connectivity index (χ4n) is 3.63. The molecule has 2 aromatic carbocycles. The molecule has 9 heteroatoms. The molecule has 1 atom stereocenters. The zero-order chi connectivity index (χ0) is 25.2. The maximum Gasteiger partial charge on any atom is 0.410 e. The summed E-state index contributed by atoms with van der Waals surface area (Å²) in [6.07, 6.45) is 0.920. The minimum atomic E-state index is -0.541. The average molecular weight is 555 g/mol. The first kappa shape index (κ1) is 25.1. The molecule has 0 saturated carbocycles. The number of nitrogens with two attached hydrogens (primary N) is 1. The molecule has 2 heterocycles. The number of benzene rings is 2. The standard InChI is InChI=1S/C26H28BrN5O2S/c1-26(2,3)34-25(33)32(4)14-17-7-5-6-8-20(17)18-11-22(35-15-18)23(28)30-24-21-12-19(27)10-9-16(21)13-29-31-24/h5-13,15,23H,14,28H2,1-4H3,(H,30,31)/t23-/m1/s1. The summed E-state index contributed by atoms with van der Waals surface area (Å²) in [5.41, 5.74) is 9.09. The lowest BCUT2D eigenvalue weighted by Crippen LogP contribution is -2.33. The lowest BCUT2D eigenvalue weighted by molar-refractivity contribution is 0.0285. The summed E-state index contributed by atoms with van der Waals surface area (Å²) >= 11 is 5.09. The van der Waals surface area contributed by atoms with E-state index in [-0.39, 0.29) is 6.09 Å². The van der Waals surface area contributed by atoms with E-state index in [1.54, 1.807) is 29.5 Å². The van der Waals surface area contributed by atoms with Crippen molar-refractivity contribution in [1.82, 2.24) is 15.1 Å². The molecule has 0 radical (unpaired) electrons. The van der Waals surface area contributed by atoms with Gasteiger partial charge in [-0.15, -0.1) is 16.4 Å². The molecule has 3 N–H and O–H groups in total. The van der Waals surface area contributed by atoms with Crippen LogP contribution in [0.3, 0.4) is 0 Å². The van der Waals surface area contributed by atoms with Crippen LogP contribution in [0.4, 0.5) is 10.6 Å². The van der Waals surface area contributed by atoms with Gasteiger partial charge in [-0.2, -0.15) is 5.10 Å². The third kappa shape index (κ3) is 6.17. The molecule has 2 aromatic heterocycles. The Labute approximate surface area is 217 Å². The van der Waals surface area contributed by atoms with Crippen LogP contribution in [0.2, 0.25) is 0 Å². The van der Waals surface area contributed by atoms with Gasteiger partial charge < -0.3 is 20.7 Å². The molecule has 0 bridgehead atoms. The summed E-state index contributed by atoms with van der Waals surface area (Å²) in [4.78, 5) is 15.0. The van der Waals surface area contributed by atoms with Gasteiger partial charge in [0.15, 0.2) is 5.82 Å². The number of nitrogens with zero attached hydrogens (tertiary/aromatic N) is 3. The number of nitrogens with one attached hydrogen (secondary N) is 1. The number of carbonyl (C=O) groups excluding carboxylic acids is 1. The lowest BCUT2D eigenvalue weighted by Gasteiger charge is -2.25. The molecular formula is C26H28BrN5O2S. The van der Waals surface area contributed by atoms with Crippen LogP contribution in [0.5, 0.6) is 0 Å². The first-order chi connectivity index (χ1) is 16.6. The number of halogens is 1. The van der Waals surface area contributed by atoms with Gasteiger partial charge in [0.1, 0.15) is 11.8 Å². The number of aromatic nitrogens is 2. The molecule has 0 aliphatic heterocycles. The minimum Gasteiger partial charge on any atom is -0.444 e. The van der Waals surface area contributed by atoms with Crippen molar-refractivity contribution in [3.63, 3.8) is 0 Å². The van der Waals surface area contributed by atoms with E-state index in [9.17, 15) is 4.79 Å². The van der Waals surface area contributed by atoms with Crippen molar-refractivity contribution in [3.8, 4) is 11.1 Å². The molecule has 7 nitrogen and oxygen atoms in total. The predicted molar refractivity (Wildman–Crippen MR) is 145 cm³/mol. The lowest BCUT2D eigenvalue weighted by atomic mass is 10.0. The van der Waals surface area contributed by atoms with Crippen LogP contribution in [0.15, 0.2) is 64.6 Å². The number of hydrogen-bond acceptors (Lipinski definition) is 7. The topological polar surface area (TPSA) is 93.4 Å². The average Bonchev–Trinajstić information content (AvgIpc) is 3.29. The van der Waals surface area contributed by atoms with Crippen LogP contribution in [0, 0.1) is 0 Å². The van der Waals surface area contributed by atoms with Crippen LogP contribution in [-0.4, -0.2) is 33.8 Å². The van der Waals surface area contributed by atoms with Gasteiger partial charge in [0.25, 0.3) is 0 Å². The predicted octanol–water partition coefficient (Wildman–Crippen LogP) is 6.56. The normalized spacial score (nSPS) is 12.4. The van der Waals surface area contributed by atoms with Gasteiger partial charge in [0.2, 0.25) is 0 Å². The fourth-order valence-corrected chi connectivity index (χ4v) is 4.85. The quantitative estimate of drug-likeness (QED) is 0.263. The Morgan fingerprint density at radius 2 is 2.00 bits per heavy atom. The fraction of sp³-hybridized carbons (Fsp3) is 0.269. The van der Waals surface area contributed by atoms with Crippen molar-refractivity contribution >= 4 is 50.0 Å². The Balaban J connectivity index is 1.53. The highest BCUT2D eigenvalue weighted by Gasteiger charge is 2.21. The van der Waals surface area contributed by atoms with Gasteiger partial charge in [-0.1, -0.05) is 46.3 Å². The van der Waals surface area contributed by atoms with Gasteiger partial charge in [-0.25, -0.2) is 4.79 Å². The van der Waals surface area contributed by atoms with Crippen molar-refractivity contribution in [2.24, 2.45) is 5.73 Å². The van der Waals surface area contributed by atoms with Gasteiger partial charge in [-0.05, 0) is 61.0 Å². The molecule has 4 aromatic rings. The second-order valence-corrected chi connectivity index (χ2v) is 11.1. The Morgan fingerprint density at radius 3 is 2.77 bits per heavy atom. The third-order valence-electron chi connectivity index (χ3n) is 5.28. The summed E-state index contributed by atoms with van der Waals surface area (Å²) in [5, 5.41) is 15.7. The summed E-state index contributed by atoms with van der Waals surface area (Å²) in [7, 11) is 1.74. The SMILES string of the molecule is CN(Cc1ccccc1-c1csc([C@H](N)Nc2nncc3ccc(Br)cc23)c1)C(=O)OC(C)(C)C. The van der Waals surface area contributed by atoms with Crippen molar-refractivity contribution < 1.29 is 9.53 Å². The molecule has 4 rings (SSSR count). The summed E-state index contributed by atoms with van der Waals surface area (Å²) in [6, 6.07) is 16.1. The van der Waals surface area contributed by atoms with Crippen LogP contribution in [-0.2, 0) is 11.3 Å². The molecule has 0 saturated heterocycles. The Morgan fingerprint density at radius 1 is 1.23 bits per heavy atom. The highest BCUT2D eigenvalue weighted by Crippen LogP contribution is 2.33. The maximum absolute atomic E-state index is 12.5. The Kier molecular flexibility index (Phi) is 7.39. The molecule has 0 spiro atoms. The van der Waals surface area contributed by atoms with Gasteiger partial charge >= 0.3 is 6.09 Å². The molecule has 0 aliphatic carbocycles. The number of carbonyl (C=O) groups is 1. The summed E-state index contributed by atoms with van der Waals surface area (Å²) in [5.74, 6) is 0.630. The van der Waals surface area contributed by atoms with Crippen molar-refractivity contribution in [3.05, 3.63) is 75.0 Å². The molecular weight excluding hydrogens is 526 g/mol. The van der Waals surface area contributed by atoms with Crippen molar-refractivity contribution in [1.29, 1.82) is 0 Å². The molecule has 1 amide bonds. The Bertz CT molecular complexity index is 1350. The highest BCUT2D eigenvalue weighted by atomic mass is 79.9. The summed E-state index contributed by atoms with van der Waals surface area (Å²) < 4.78 is 6.46. The number of anilines is 1. The van der Waals surface area contributed by atoms with Gasteiger partial charge in [0.05, 0.1) is 6.20 Å². The zero-order valence-corrected chi connectivity index (χ0v) is 22.5. The maximum atomic E-state index is 12.5. The van der Waals surface area contributed by atoms with Crippen molar-refractivity contribution in [2.45, 2.75) is 39.1 Å². The van der Waals surface area contributed by atoms with E-state index in [0.29, 0.717) is 12.4 Å². The van der Waals surface area contributed by atoms with E-state index in [1.165, 1.54) is 0 Å². The van der Waals surface area contributed by atoms with Crippen molar-refractivity contribution in [2.75, 3.05) is 12.4 Å². The number of fused-ring (bicyclic) bond motifs is 1. The zero-order valence-electron chi connectivity index (χ0n) is 20.1. The van der Waals surface area contributed by atoms with Gasteiger partial charge in [-0.3, -0.25) is 0 Å². The smallest absolute Gasteiger partial charge is 0.410 e. The van der Waals surface area contributed by atoms with E-state index in [1.807, 2.05) is 57.2 Å². The van der Waals surface area contributed by atoms with E-state index in [4.69, 9.17) is 10.5 Å². The van der Waals surface area contributed by atoms with E-state index < -0.39 is 11.8 Å². The number of amides is 1. The monoisotopic (exact) mass is 553 g/mol. The molecule has 0 fully saturated rings. The van der Waals surface area contributed by atoms with E-state index in [0.717, 1.165) is 36.8 Å². The molecule has 182 valence electrons. The first-order valence-electron chi connectivity index (χ1n) is 11.1. The minimum absolute atomic E-state index is 0.354. The van der Waals surface area contributed by atoms with Crippen LogP contribution in [0.25, 0.3) is 21.9 Å². The van der Waals surface area contributed by atoms with Crippen LogP contribution in [0.1, 0.15) is 37.4 Å². The second kappa shape index (κ2) is 10.3. The largest absolute Gasteiger partial charge is 0.444 e. The molecule has 35 heavy (non-hydrogen) atoms. The first-order valence-corrected chi connectivity index (χ1v) is 12.8. The molecule has 0 aliphatic rings. The van der Waals surface area contributed by atoms with E-state index >= 15 is 0 Å². The summed E-state index contributed by atoms with van der Waals surface area (Å²) in [6.45, 7) is 6.01. The number of thiophene rings is 1. The van der Waals surface area contributed by atoms with Crippen LogP contribution < -0.4 is 11.1 Å². The number of ether oxygens (including phenoxy) is 1. The van der Waals surface area contributed by atoms with Crippen LogP contribution >= 0.6 is 27.3 Å². The highest BCUT2D eigenvalue weighted by molar-refractivity contribution is 9.10. The third-order valence-corrected chi connectivity index (χ3v) is 6.79. The number of rotatable bonds is 6. The Hall–Kier alpha value is -3.01. The molecule has 0 unspecified atom stereocenters. The van der Waals surface area contributed by atoms with E-state index in [2.05, 4.69) is 49.0 Å². The number of hydrogen-bond donors (Lipinski definition) is 2. The second-order valence-electron chi connectivity index (χ2n) is 9.28.